The molecule has 12 heavy (non-hydrogen) atoms. The van der Waals surface area contributed by atoms with Crippen molar-refractivity contribution in [3.8, 4) is 0 Å². The second-order valence-electron chi connectivity index (χ2n) is 3.19. The summed E-state index contributed by atoms with van der Waals surface area (Å²) in [7, 11) is 2.03. The van der Waals surface area contributed by atoms with Gasteiger partial charge in [0.25, 0.3) is 0 Å². The van der Waals surface area contributed by atoms with Crippen LogP contribution in [0.15, 0.2) is 4.99 Å². The van der Waals surface area contributed by atoms with Gasteiger partial charge in [0.1, 0.15) is 0 Å². The van der Waals surface area contributed by atoms with Crippen LogP contribution < -0.4 is 11.3 Å². The summed E-state index contributed by atoms with van der Waals surface area (Å²) in [5, 5.41) is 0. The van der Waals surface area contributed by atoms with E-state index in [1.165, 1.54) is 12.8 Å². The molecule has 0 spiro atoms. The van der Waals surface area contributed by atoms with E-state index in [1.54, 1.807) is 0 Å². The molecular weight excluding hydrogens is 152 g/mol. The van der Waals surface area contributed by atoms with Crippen molar-refractivity contribution in [2.75, 3.05) is 13.6 Å². The number of guanidine groups is 1. The number of nitrogens with one attached hydrogen (secondary N) is 1. The van der Waals surface area contributed by atoms with Crippen LogP contribution in [0.1, 0.15) is 26.2 Å². The molecule has 1 rings (SSSR count). The van der Waals surface area contributed by atoms with Gasteiger partial charge in [-0.05, 0) is 19.3 Å². The maximum atomic E-state index is 5.36. The van der Waals surface area contributed by atoms with E-state index >= 15 is 0 Å². The van der Waals surface area contributed by atoms with Crippen molar-refractivity contribution in [1.82, 2.24) is 10.3 Å². The molecule has 3 N–H and O–H groups in total. The fraction of sp³-hybridized carbons (Fsp3) is 0.875. The molecule has 4 heteroatoms. The normalized spacial score (nSPS) is 17.8. The molecule has 0 atom stereocenters. The van der Waals surface area contributed by atoms with Crippen LogP contribution in [0.4, 0.5) is 0 Å². The molecule has 0 bridgehead atoms. The van der Waals surface area contributed by atoms with E-state index in [4.69, 9.17) is 5.84 Å². The van der Waals surface area contributed by atoms with Crippen molar-refractivity contribution in [2.45, 2.75) is 32.2 Å². The van der Waals surface area contributed by atoms with Gasteiger partial charge in [-0.1, -0.05) is 6.92 Å². The summed E-state index contributed by atoms with van der Waals surface area (Å²) in [5.74, 6) is 6.18. The molecule has 1 fully saturated rings. The molecule has 1 aliphatic carbocycles. The first-order valence-corrected chi connectivity index (χ1v) is 4.53. The Morgan fingerprint density at radius 1 is 1.67 bits per heavy atom. The highest BCUT2D eigenvalue weighted by atomic mass is 15.4. The number of nitrogens with zero attached hydrogens (tertiary/aromatic N) is 2. The number of hydrogen-bond acceptors (Lipinski definition) is 2. The Morgan fingerprint density at radius 2 is 2.33 bits per heavy atom. The van der Waals surface area contributed by atoms with Crippen LogP contribution in [0.25, 0.3) is 0 Å². The lowest BCUT2D eigenvalue weighted by Crippen LogP contribution is -2.43. The van der Waals surface area contributed by atoms with Gasteiger partial charge >= 0.3 is 0 Å². The minimum absolute atomic E-state index is 0.664. The number of aliphatic imine (C=N–C) groups is 1. The van der Waals surface area contributed by atoms with E-state index in [9.17, 15) is 0 Å². The standard InChI is InChI=1S/C8H18N4/c1-3-6-10-8(11-9)12(2)7-4-5-7/h7H,3-6,9H2,1-2H3,(H,10,11). The third-order valence-electron chi connectivity index (χ3n) is 2.04. The Hall–Kier alpha value is -0.770. The zero-order valence-corrected chi connectivity index (χ0v) is 7.88. The van der Waals surface area contributed by atoms with Gasteiger partial charge in [0.05, 0.1) is 0 Å². The van der Waals surface area contributed by atoms with Crippen LogP contribution >= 0.6 is 0 Å². The minimum Gasteiger partial charge on any atom is -0.342 e. The summed E-state index contributed by atoms with van der Waals surface area (Å²) in [5.41, 5.74) is 2.63. The van der Waals surface area contributed by atoms with Gasteiger partial charge in [0.15, 0.2) is 0 Å². The maximum Gasteiger partial charge on any atom is 0.208 e. The summed E-state index contributed by atoms with van der Waals surface area (Å²) < 4.78 is 0. The molecule has 4 nitrogen and oxygen atoms in total. The van der Waals surface area contributed by atoms with Gasteiger partial charge in [-0.2, -0.15) is 0 Å². The molecule has 0 aromatic carbocycles. The second-order valence-corrected chi connectivity index (χ2v) is 3.19. The molecule has 0 aliphatic heterocycles. The van der Waals surface area contributed by atoms with Crippen LogP contribution in [0.2, 0.25) is 0 Å². The molecule has 0 aromatic heterocycles. The Bertz CT molecular complexity index is 162. The molecule has 0 heterocycles. The monoisotopic (exact) mass is 170 g/mol. The highest BCUT2D eigenvalue weighted by molar-refractivity contribution is 5.79. The zero-order valence-electron chi connectivity index (χ0n) is 7.88. The summed E-state index contributed by atoms with van der Waals surface area (Å²) in [6.45, 7) is 2.95. The quantitative estimate of drug-likeness (QED) is 0.277. The van der Waals surface area contributed by atoms with Gasteiger partial charge in [-0.15, -0.1) is 0 Å². The molecular formula is C8H18N4. The van der Waals surface area contributed by atoms with Crippen molar-refractivity contribution in [3.05, 3.63) is 0 Å². The largest absolute Gasteiger partial charge is 0.342 e. The van der Waals surface area contributed by atoms with E-state index in [0.29, 0.717) is 6.04 Å². The van der Waals surface area contributed by atoms with Crippen molar-refractivity contribution < 1.29 is 0 Å². The van der Waals surface area contributed by atoms with Gasteiger partial charge in [-0.3, -0.25) is 10.4 Å². The highest BCUT2D eigenvalue weighted by Gasteiger charge is 2.27. The van der Waals surface area contributed by atoms with Crippen LogP contribution in [0.5, 0.6) is 0 Å². The van der Waals surface area contributed by atoms with Crippen molar-refractivity contribution in [3.63, 3.8) is 0 Å². The predicted octanol–water partition coefficient (Wildman–Crippen LogP) is 0.310. The van der Waals surface area contributed by atoms with Crippen molar-refractivity contribution in [2.24, 2.45) is 10.8 Å². The molecule has 0 unspecified atom stereocenters. The highest BCUT2D eigenvalue weighted by Crippen LogP contribution is 2.24. The molecule has 1 saturated carbocycles. The first kappa shape index (κ1) is 9.32. The lowest BCUT2D eigenvalue weighted by atomic mass is 10.5. The summed E-state index contributed by atoms with van der Waals surface area (Å²) in [6.07, 6.45) is 3.59. The van der Waals surface area contributed by atoms with E-state index in [-0.39, 0.29) is 0 Å². The lowest BCUT2D eigenvalue weighted by Gasteiger charge is -2.19. The fourth-order valence-electron chi connectivity index (χ4n) is 1.11. The molecule has 70 valence electrons. The van der Waals surface area contributed by atoms with E-state index in [0.717, 1.165) is 18.9 Å². The average molecular weight is 170 g/mol. The summed E-state index contributed by atoms with van der Waals surface area (Å²) in [6, 6.07) is 0.664. The zero-order chi connectivity index (χ0) is 8.97. The fourth-order valence-corrected chi connectivity index (χ4v) is 1.11. The Morgan fingerprint density at radius 3 is 2.75 bits per heavy atom. The third-order valence-corrected chi connectivity index (χ3v) is 2.04. The Kier molecular flexibility index (Phi) is 3.34. The molecule has 1 aliphatic rings. The van der Waals surface area contributed by atoms with Crippen molar-refractivity contribution in [1.29, 1.82) is 0 Å². The Balaban J connectivity index is 2.41. The molecule has 0 saturated heterocycles. The minimum atomic E-state index is 0.664. The first-order valence-electron chi connectivity index (χ1n) is 4.53. The Labute approximate surface area is 73.8 Å². The van der Waals surface area contributed by atoms with Gasteiger partial charge in [0.2, 0.25) is 5.96 Å². The SMILES string of the molecule is CCCN=C(NN)N(C)C1CC1. The molecule has 0 radical (unpaired) electrons. The third kappa shape index (κ3) is 2.37. The summed E-state index contributed by atoms with van der Waals surface area (Å²) >= 11 is 0. The predicted molar refractivity (Wildman–Crippen MR) is 50.7 cm³/mol. The number of hydrogen-bond donors (Lipinski definition) is 2. The average Bonchev–Trinajstić information content (AvgIpc) is 2.88. The van der Waals surface area contributed by atoms with Gasteiger partial charge < -0.3 is 4.90 Å². The van der Waals surface area contributed by atoms with E-state index < -0.39 is 0 Å². The van der Waals surface area contributed by atoms with Crippen LogP contribution in [-0.4, -0.2) is 30.5 Å². The van der Waals surface area contributed by atoms with Gasteiger partial charge in [-0.25, -0.2) is 5.84 Å². The summed E-state index contributed by atoms with van der Waals surface area (Å²) in [4.78, 5) is 6.45. The number of rotatable bonds is 3. The first-order chi connectivity index (χ1) is 5.79. The molecule has 0 aromatic rings. The second kappa shape index (κ2) is 4.30. The van der Waals surface area contributed by atoms with Crippen LogP contribution in [0, 0.1) is 0 Å². The number of nitrogens with two attached hydrogens (primary N) is 1. The van der Waals surface area contributed by atoms with E-state index in [2.05, 4.69) is 22.2 Å². The lowest BCUT2D eigenvalue weighted by molar-refractivity contribution is 0.472. The topological polar surface area (TPSA) is 53.6 Å². The smallest absolute Gasteiger partial charge is 0.208 e. The van der Waals surface area contributed by atoms with Crippen molar-refractivity contribution >= 4 is 5.96 Å². The van der Waals surface area contributed by atoms with Crippen LogP contribution in [-0.2, 0) is 0 Å². The van der Waals surface area contributed by atoms with E-state index in [1.807, 2.05) is 7.05 Å². The van der Waals surface area contributed by atoms with Gasteiger partial charge in [0, 0.05) is 19.6 Å². The number of hydrazine groups is 1. The maximum absolute atomic E-state index is 5.36. The van der Waals surface area contributed by atoms with Crippen LogP contribution in [0.3, 0.4) is 0 Å². The molecule has 0 amide bonds.